The monoisotopic (exact) mass is 315 g/mol. The molecule has 0 spiro atoms. The maximum absolute atomic E-state index is 12.3. The largest absolute Gasteiger partial charge is 0.488 e. The van der Waals surface area contributed by atoms with Crippen molar-refractivity contribution < 1.29 is 9.53 Å². The van der Waals surface area contributed by atoms with Crippen LogP contribution in [0.25, 0.3) is 6.08 Å². The van der Waals surface area contributed by atoms with Gasteiger partial charge in [0.1, 0.15) is 12.4 Å². The van der Waals surface area contributed by atoms with Gasteiger partial charge in [-0.2, -0.15) is 0 Å². The number of nitrogens with zero attached hydrogens (tertiary/aromatic N) is 2. The highest BCUT2D eigenvalue weighted by molar-refractivity contribution is 5.99. The van der Waals surface area contributed by atoms with Crippen molar-refractivity contribution in [3.63, 3.8) is 0 Å². The minimum absolute atomic E-state index is 0.0216. The van der Waals surface area contributed by atoms with Gasteiger partial charge in [0.05, 0.1) is 5.57 Å². The molecule has 5 nitrogen and oxygen atoms in total. The summed E-state index contributed by atoms with van der Waals surface area (Å²) in [5.41, 5.74) is 1.67. The summed E-state index contributed by atoms with van der Waals surface area (Å²) in [5, 5.41) is 3.01. The van der Waals surface area contributed by atoms with Crippen LogP contribution in [0.3, 0.4) is 0 Å². The van der Waals surface area contributed by atoms with Crippen LogP contribution >= 0.6 is 0 Å². The summed E-state index contributed by atoms with van der Waals surface area (Å²) in [6.45, 7) is 9.69. The molecule has 3 rings (SSSR count). The van der Waals surface area contributed by atoms with Crippen LogP contribution in [0.4, 0.5) is 0 Å². The van der Waals surface area contributed by atoms with Gasteiger partial charge in [-0.1, -0.05) is 25.1 Å². The number of hydrogen-bond acceptors (Lipinski definition) is 4. The number of carbonyl (C=O) groups is 1. The van der Waals surface area contributed by atoms with Crippen LogP contribution in [0, 0.1) is 0 Å². The normalized spacial score (nSPS) is 18.7. The molecule has 124 valence electrons. The number of hydrogen-bond donors (Lipinski definition) is 1. The molecular weight excluding hydrogens is 290 g/mol. The molecule has 1 saturated heterocycles. The first-order valence-corrected chi connectivity index (χ1v) is 8.41. The van der Waals surface area contributed by atoms with Crippen molar-refractivity contribution in [1.82, 2.24) is 15.1 Å². The van der Waals surface area contributed by atoms with E-state index in [0.717, 1.165) is 50.6 Å². The molecule has 0 aliphatic carbocycles. The molecule has 1 aromatic rings. The molecule has 0 bridgehead atoms. The van der Waals surface area contributed by atoms with Gasteiger partial charge in [-0.25, -0.2) is 0 Å². The molecule has 1 aromatic carbocycles. The summed E-state index contributed by atoms with van der Waals surface area (Å²) in [7, 11) is 0. The molecule has 1 N–H and O–H groups in total. The number of amides is 1. The van der Waals surface area contributed by atoms with Gasteiger partial charge >= 0.3 is 0 Å². The maximum atomic E-state index is 12.3. The number of nitrogens with one attached hydrogen (secondary N) is 1. The van der Waals surface area contributed by atoms with E-state index < -0.39 is 0 Å². The molecule has 0 radical (unpaired) electrons. The summed E-state index contributed by atoms with van der Waals surface area (Å²) < 4.78 is 5.63. The molecule has 0 atom stereocenters. The van der Waals surface area contributed by atoms with E-state index in [0.29, 0.717) is 18.7 Å². The van der Waals surface area contributed by atoms with Crippen LogP contribution in [-0.4, -0.2) is 68.1 Å². The van der Waals surface area contributed by atoms with Crippen molar-refractivity contribution in [2.75, 3.05) is 52.4 Å². The molecule has 2 heterocycles. The number of carbonyl (C=O) groups excluding carboxylic acids is 1. The van der Waals surface area contributed by atoms with Crippen molar-refractivity contribution in [3.8, 4) is 5.75 Å². The second kappa shape index (κ2) is 7.62. The zero-order valence-corrected chi connectivity index (χ0v) is 13.8. The lowest BCUT2D eigenvalue weighted by Crippen LogP contribution is -2.48. The standard InChI is InChI=1S/C18H25N3O2/c1-2-20-9-11-21(12-10-20)8-7-19-18(22)16-13-15-5-3-4-6-17(15)23-14-16/h3-6,13H,2,7-12,14H2,1H3,(H,19,22). The van der Waals surface area contributed by atoms with Gasteiger partial charge in [0.15, 0.2) is 0 Å². The maximum Gasteiger partial charge on any atom is 0.250 e. The molecule has 5 heteroatoms. The molecule has 2 aliphatic rings. The molecular formula is C18H25N3O2. The van der Waals surface area contributed by atoms with Crippen molar-refractivity contribution >= 4 is 12.0 Å². The summed E-state index contributed by atoms with van der Waals surface area (Å²) in [5.74, 6) is 0.824. The summed E-state index contributed by atoms with van der Waals surface area (Å²) in [6.07, 6.45) is 1.92. The highest BCUT2D eigenvalue weighted by Crippen LogP contribution is 2.25. The number of piperazine rings is 1. The molecule has 23 heavy (non-hydrogen) atoms. The molecule has 1 amide bonds. The van der Waals surface area contributed by atoms with E-state index in [4.69, 9.17) is 4.74 Å². The zero-order valence-electron chi connectivity index (χ0n) is 13.8. The van der Waals surface area contributed by atoms with Crippen LogP contribution in [-0.2, 0) is 4.79 Å². The Morgan fingerprint density at radius 1 is 1.17 bits per heavy atom. The van der Waals surface area contributed by atoms with Gasteiger partial charge in [0.25, 0.3) is 5.91 Å². The van der Waals surface area contributed by atoms with Crippen LogP contribution in [0.1, 0.15) is 12.5 Å². The highest BCUT2D eigenvalue weighted by atomic mass is 16.5. The quantitative estimate of drug-likeness (QED) is 0.887. The van der Waals surface area contributed by atoms with Crippen LogP contribution in [0.15, 0.2) is 29.8 Å². The van der Waals surface area contributed by atoms with E-state index in [1.54, 1.807) is 0 Å². The first-order valence-electron chi connectivity index (χ1n) is 8.41. The SMILES string of the molecule is CCN1CCN(CCNC(=O)C2=Cc3ccccc3OC2)CC1. The Labute approximate surface area is 137 Å². The average molecular weight is 315 g/mol. The predicted molar refractivity (Wildman–Crippen MR) is 91.5 cm³/mol. The van der Waals surface area contributed by atoms with Crippen molar-refractivity contribution in [2.24, 2.45) is 0 Å². The van der Waals surface area contributed by atoms with Crippen molar-refractivity contribution in [1.29, 1.82) is 0 Å². The third-order valence-electron chi connectivity index (χ3n) is 4.55. The Balaban J connectivity index is 1.45. The third kappa shape index (κ3) is 4.12. The number of ether oxygens (including phenoxy) is 1. The fourth-order valence-electron chi connectivity index (χ4n) is 3.02. The summed E-state index contributed by atoms with van der Waals surface area (Å²) in [4.78, 5) is 17.1. The minimum Gasteiger partial charge on any atom is -0.488 e. The molecule has 0 saturated carbocycles. The Morgan fingerprint density at radius 3 is 2.70 bits per heavy atom. The molecule has 2 aliphatic heterocycles. The Kier molecular flexibility index (Phi) is 5.31. The molecule has 1 fully saturated rings. The molecule has 0 unspecified atom stereocenters. The number of fused-ring (bicyclic) bond motifs is 1. The van der Waals surface area contributed by atoms with Crippen LogP contribution in [0.2, 0.25) is 0 Å². The average Bonchev–Trinajstić information content (AvgIpc) is 2.61. The fourth-order valence-corrected chi connectivity index (χ4v) is 3.02. The van der Waals surface area contributed by atoms with Gasteiger partial charge in [0, 0.05) is 44.8 Å². The van der Waals surface area contributed by atoms with Gasteiger partial charge in [-0.15, -0.1) is 0 Å². The Bertz CT molecular complexity index is 577. The number of para-hydroxylation sites is 1. The predicted octanol–water partition coefficient (Wildman–Crippen LogP) is 1.22. The lowest BCUT2D eigenvalue weighted by molar-refractivity contribution is -0.117. The summed E-state index contributed by atoms with van der Waals surface area (Å²) in [6, 6.07) is 7.79. The Hall–Kier alpha value is -1.85. The summed E-state index contributed by atoms with van der Waals surface area (Å²) >= 11 is 0. The minimum atomic E-state index is -0.0216. The number of rotatable bonds is 5. The van der Waals surface area contributed by atoms with Crippen molar-refractivity contribution in [3.05, 3.63) is 35.4 Å². The highest BCUT2D eigenvalue weighted by Gasteiger charge is 2.18. The van der Waals surface area contributed by atoms with E-state index in [1.165, 1.54) is 0 Å². The number of likely N-dealkylation sites (N-methyl/N-ethyl adjacent to an activating group) is 1. The zero-order chi connectivity index (χ0) is 16.1. The van der Waals surface area contributed by atoms with Crippen LogP contribution in [0.5, 0.6) is 5.75 Å². The Morgan fingerprint density at radius 2 is 1.91 bits per heavy atom. The van der Waals surface area contributed by atoms with E-state index in [2.05, 4.69) is 22.0 Å². The first kappa shape index (κ1) is 16.0. The lowest BCUT2D eigenvalue weighted by atomic mass is 10.1. The van der Waals surface area contributed by atoms with Gasteiger partial charge < -0.3 is 15.0 Å². The molecule has 0 aromatic heterocycles. The van der Waals surface area contributed by atoms with E-state index in [9.17, 15) is 4.79 Å². The van der Waals surface area contributed by atoms with E-state index in [-0.39, 0.29) is 5.91 Å². The van der Waals surface area contributed by atoms with E-state index >= 15 is 0 Å². The topological polar surface area (TPSA) is 44.8 Å². The first-order chi connectivity index (χ1) is 11.3. The second-order valence-electron chi connectivity index (χ2n) is 6.03. The van der Waals surface area contributed by atoms with Crippen molar-refractivity contribution in [2.45, 2.75) is 6.92 Å². The van der Waals surface area contributed by atoms with Gasteiger partial charge in [0.2, 0.25) is 0 Å². The smallest absolute Gasteiger partial charge is 0.250 e. The van der Waals surface area contributed by atoms with Gasteiger partial charge in [-0.3, -0.25) is 9.69 Å². The van der Waals surface area contributed by atoms with Crippen LogP contribution < -0.4 is 10.1 Å². The van der Waals surface area contributed by atoms with Gasteiger partial charge in [-0.05, 0) is 18.7 Å². The van der Waals surface area contributed by atoms with E-state index in [1.807, 2.05) is 30.3 Å². The lowest BCUT2D eigenvalue weighted by Gasteiger charge is -2.34. The fraction of sp³-hybridized carbons (Fsp3) is 0.500. The number of benzene rings is 1. The third-order valence-corrected chi connectivity index (χ3v) is 4.55. The second-order valence-corrected chi connectivity index (χ2v) is 6.03.